The number of hydrogen-bond donors (Lipinski definition) is 2. The van der Waals surface area contributed by atoms with Crippen LogP contribution in [0.15, 0.2) is 18.7 Å². The van der Waals surface area contributed by atoms with Crippen molar-refractivity contribution in [1.29, 1.82) is 0 Å². The summed E-state index contributed by atoms with van der Waals surface area (Å²) < 4.78 is 3.21. The van der Waals surface area contributed by atoms with Crippen molar-refractivity contribution in [3.8, 4) is 0 Å². The van der Waals surface area contributed by atoms with Gasteiger partial charge in [0, 0.05) is 0 Å². The Morgan fingerprint density at radius 3 is 2.25 bits per heavy atom. The molecule has 0 atom stereocenters. The van der Waals surface area contributed by atoms with E-state index in [1.54, 1.807) is 18.7 Å². The van der Waals surface area contributed by atoms with Crippen molar-refractivity contribution < 1.29 is 26.9 Å². The third kappa shape index (κ3) is 2.51. The van der Waals surface area contributed by atoms with Crippen molar-refractivity contribution in [1.82, 2.24) is 4.57 Å². The fourth-order valence-corrected chi connectivity index (χ4v) is 0.827. The fraction of sp³-hybridized carbons (Fsp3) is 0.500. The van der Waals surface area contributed by atoms with Crippen LogP contribution >= 0.6 is 0 Å². The smallest absolute Gasteiger partial charge is 0.720 e. The van der Waals surface area contributed by atoms with E-state index in [0.717, 1.165) is 0 Å². The molecule has 0 aliphatic rings. The minimum Gasteiger partial charge on any atom is -1.00 e. The zero-order valence-electron chi connectivity index (χ0n) is 7.05. The number of aromatic nitrogens is 2. The molecule has 1 aromatic rings. The van der Waals surface area contributed by atoms with E-state index in [1.165, 1.54) is 4.48 Å². The van der Waals surface area contributed by atoms with Gasteiger partial charge in [-0.15, -0.1) is 0 Å². The summed E-state index contributed by atoms with van der Waals surface area (Å²) in [4.78, 5) is 0. The highest BCUT2D eigenvalue weighted by atomic mass is 35.5. The van der Waals surface area contributed by atoms with Gasteiger partial charge >= 0.3 is 7.25 Å². The summed E-state index contributed by atoms with van der Waals surface area (Å²) in [5.41, 5.74) is 0. The minimum atomic E-state index is -1.44. The first-order valence-electron chi connectivity index (χ1n) is 3.55. The van der Waals surface area contributed by atoms with Crippen LogP contribution in [-0.2, 0) is 0 Å². The van der Waals surface area contributed by atoms with Gasteiger partial charge in [-0.25, -0.2) is 9.05 Å². The second kappa shape index (κ2) is 4.50. The zero-order chi connectivity index (χ0) is 8.43. The second-order valence-corrected chi connectivity index (χ2v) is 2.75. The third-order valence-corrected chi connectivity index (χ3v) is 1.54. The van der Waals surface area contributed by atoms with E-state index >= 15 is 0 Å². The van der Waals surface area contributed by atoms with Crippen molar-refractivity contribution in [2.45, 2.75) is 19.9 Å². The molecule has 0 bridgehead atoms. The van der Waals surface area contributed by atoms with Crippen LogP contribution < -0.4 is 16.9 Å². The third-order valence-electron chi connectivity index (χ3n) is 1.54. The summed E-state index contributed by atoms with van der Waals surface area (Å²) in [6, 6.07) is 0.343. The summed E-state index contributed by atoms with van der Waals surface area (Å²) in [5, 5.41) is 17.4. The molecule has 2 N–H and O–H groups in total. The van der Waals surface area contributed by atoms with Crippen LogP contribution in [0.4, 0.5) is 0 Å². The summed E-state index contributed by atoms with van der Waals surface area (Å²) >= 11 is 0. The molecule has 0 spiro atoms. The van der Waals surface area contributed by atoms with Gasteiger partial charge in [0.1, 0.15) is 12.4 Å². The molecule has 0 radical (unpaired) electrons. The van der Waals surface area contributed by atoms with Crippen molar-refractivity contribution in [3.05, 3.63) is 18.7 Å². The van der Waals surface area contributed by atoms with Crippen molar-refractivity contribution in [3.63, 3.8) is 0 Å². The number of imidazole rings is 1. The van der Waals surface area contributed by atoms with E-state index in [1.807, 2.05) is 18.4 Å². The average Bonchev–Trinajstić information content (AvgIpc) is 2.33. The van der Waals surface area contributed by atoms with Gasteiger partial charge in [-0.3, -0.25) is 0 Å². The lowest BCUT2D eigenvalue weighted by atomic mass is 10.1. The Kier molecular flexibility index (Phi) is 4.30. The van der Waals surface area contributed by atoms with E-state index in [2.05, 4.69) is 0 Å². The topological polar surface area (TPSA) is 49.3 Å². The van der Waals surface area contributed by atoms with Crippen LogP contribution in [0, 0.1) is 0 Å². The number of nitrogens with zero attached hydrogens (tertiary/aromatic N) is 2. The van der Waals surface area contributed by atoms with Crippen LogP contribution in [0.2, 0.25) is 0 Å². The van der Waals surface area contributed by atoms with E-state index in [0.29, 0.717) is 6.04 Å². The first-order valence-corrected chi connectivity index (χ1v) is 3.55. The number of hydrogen-bond acceptors (Lipinski definition) is 2. The molecule has 4 nitrogen and oxygen atoms in total. The highest BCUT2D eigenvalue weighted by Gasteiger charge is 2.20. The fourth-order valence-electron chi connectivity index (χ4n) is 0.827. The molecule has 1 aromatic heterocycles. The first kappa shape index (κ1) is 11.5. The molecule has 0 aliphatic carbocycles. The molecule has 0 unspecified atom stereocenters. The molecule has 0 amide bonds. The van der Waals surface area contributed by atoms with Gasteiger partial charge in [0.25, 0.3) is 0 Å². The van der Waals surface area contributed by atoms with E-state index in [4.69, 9.17) is 10.0 Å². The largest absolute Gasteiger partial charge is 1.00 e. The van der Waals surface area contributed by atoms with Crippen LogP contribution in [0.3, 0.4) is 0 Å². The Hall–Kier alpha value is -0.515. The van der Waals surface area contributed by atoms with E-state index in [-0.39, 0.29) is 12.4 Å². The molecule has 0 saturated carbocycles. The molecular weight excluding hydrogens is 178 g/mol. The molecular formula is C6H12BClN2O2. The maximum Gasteiger partial charge on any atom is 0.720 e. The molecule has 0 aliphatic heterocycles. The summed E-state index contributed by atoms with van der Waals surface area (Å²) in [7, 11) is -1.44. The molecule has 1 heterocycles. The van der Waals surface area contributed by atoms with Crippen LogP contribution in [0.1, 0.15) is 19.9 Å². The van der Waals surface area contributed by atoms with E-state index < -0.39 is 7.25 Å². The monoisotopic (exact) mass is 190 g/mol. The van der Waals surface area contributed by atoms with Crippen molar-refractivity contribution in [2.75, 3.05) is 0 Å². The number of halogens is 1. The SMILES string of the molecule is CC(C)n1cc[n+](B(O)O)c1.[Cl-]. The lowest BCUT2D eigenvalue weighted by molar-refractivity contribution is -0.562. The van der Waals surface area contributed by atoms with Crippen molar-refractivity contribution >= 4 is 7.25 Å². The van der Waals surface area contributed by atoms with Gasteiger partial charge < -0.3 is 22.5 Å². The maximum absolute atomic E-state index is 8.72. The predicted molar refractivity (Wildman–Crippen MR) is 40.6 cm³/mol. The molecule has 1 rings (SSSR count). The van der Waals surface area contributed by atoms with Gasteiger partial charge in [-0.05, 0) is 13.8 Å². The van der Waals surface area contributed by atoms with Gasteiger partial charge in [0.05, 0.1) is 6.04 Å². The lowest BCUT2D eigenvalue weighted by Crippen LogP contribution is -3.00. The Morgan fingerprint density at radius 1 is 1.42 bits per heavy atom. The Labute approximate surface area is 78.0 Å². The van der Waals surface area contributed by atoms with Gasteiger partial charge in [-0.2, -0.15) is 0 Å². The zero-order valence-corrected chi connectivity index (χ0v) is 7.81. The van der Waals surface area contributed by atoms with Gasteiger partial charge in [0.15, 0.2) is 0 Å². The molecule has 12 heavy (non-hydrogen) atoms. The Bertz CT molecular complexity index is 217. The van der Waals surface area contributed by atoms with Crippen molar-refractivity contribution in [2.24, 2.45) is 0 Å². The molecule has 68 valence electrons. The number of rotatable bonds is 2. The van der Waals surface area contributed by atoms with Crippen LogP contribution in [0.5, 0.6) is 0 Å². The van der Waals surface area contributed by atoms with Gasteiger partial charge in [0.2, 0.25) is 6.33 Å². The summed E-state index contributed by atoms with van der Waals surface area (Å²) in [6.07, 6.45) is 5.06. The standard InChI is InChI=1S/C6H12BN2O2.ClH/c1-6(2)8-3-4-9(5-8)7(10)11;/h3-6,10-11H,1-2H3;1H/q+1;/p-1. The normalized spacial score (nSPS) is 9.75. The minimum absolute atomic E-state index is 0. The molecule has 0 fully saturated rings. The maximum atomic E-state index is 8.72. The Morgan fingerprint density at radius 2 is 2.00 bits per heavy atom. The second-order valence-electron chi connectivity index (χ2n) is 2.75. The predicted octanol–water partition coefficient (Wildman–Crippen LogP) is -3.82. The lowest BCUT2D eigenvalue weighted by Gasteiger charge is -1.96. The summed E-state index contributed by atoms with van der Waals surface area (Å²) in [5.74, 6) is 0. The first-order chi connectivity index (χ1) is 5.11. The highest BCUT2D eigenvalue weighted by Crippen LogP contribution is 1.99. The average molecular weight is 190 g/mol. The molecule has 6 heteroatoms. The molecule has 0 saturated heterocycles. The van der Waals surface area contributed by atoms with Gasteiger partial charge in [-0.1, -0.05) is 0 Å². The van der Waals surface area contributed by atoms with Crippen LogP contribution in [-0.4, -0.2) is 21.9 Å². The Balaban J connectivity index is 0.00000121. The quantitative estimate of drug-likeness (QED) is 0.470. The summed E-state index contributed by atoms with van der Waals surface area (Å²) in [6.45, 7) is 4.04. The van der Waals surface area contributed by atoms with Crippen LogP contribution in [0.25, 0.3) is 0 Å². The van der Waals surface area contributed by atoms with E-state index in [9.17, 15) is 0 Å². The highest BCUT2D eigenvalue weighted by molar-refractivity contribution is 6.29. The molecule has 0 aromatic carbocycles.